The summed E-state index contributed by atoms with van der Waals surface area (Å²) in [5.74, 6) is -0.860. The second kappa shape index (κ2) is 7.10. The van der Waals surface area contributed by atoms with Gasteiger partial charge in [0.1, 0.15) is 12.4 Å². The Balaban J connectivity index is 2.38. The van der Waals surface area contributed by atoms with Crippen molar-refractivity contribution >= 4 is 16.0 Å². The van der Waals surface area contributed by atoms with Crippen LogP contribution in [0.25, 0.3) is 0 Å². The number of carbonyl (C=O) groups is 1. The van der Waals surface area contributed by atoms with Crippen molar-refractivity contribution in [2.24, 2.45) is 0 Å². The van der Waals surface area contributed by atoms with Crippen molar-refractivity contribution in [1.82, 2.24) is 4.31 Å². The van der Waals surface area contributed by atoms with E-state index in [0.717, 1.165) is 4.31 Å². The Kier molecular flexibility index (Phi) is 5.78. The van der Waals surface area contributed by atoms with Gasteiger partial charge in [-0.25, -0.2) is 12.7 Å². The molecule has 0 aliphatic rings. The van der Waals surface area contributed by atoms with Crippen LogP contribution in [0.2, 0.25) is 0 Å². The highest BCUT2D eigenvalue weighted by Crippen LogP contribution is 2.08. The molecule has 0 saturated carbocycles. The number of aliphatic carboxylic acids is 1. The Morgan fingerprint density at radius 2 is 1.95 bits per heavy atom. The van der Waals surface area contributed by atoms with Gasteiger partial charge in [-0.15, -0.1) is 0 Å². The number of benzene rings is 1. The summed E-state index contributed by atoms with van der Waals surface area (Å²) >= 11 is 0. The van der Waals surface area contributed by atoms with E-state index in [1.54, 1.807) is 12.1 Å². The van der Waals surface area contributed by atoms with Gasteiger partial charge in [0.05, 0.1) is 12.2 Å². The smallest absolute Gasteiger partial charge is 0.304 e. The van der Waals surface area contributed by atoms with Crippen LogP contribution in [0.15, 0.2) is 30.3 Å². The SMILES string of the molecule is CN(CCOc1ccccc1)S(=O)(=O)CCC(=O)O. The monoisotopic (exact) mass is 287 g/mol. The highest BCUT2D eigenvalue weighted by atomic mass is 32.2. The first-order valence-electron chi connectivity index (χ1n) is 5.75. The summed E-state index contributed by atoms with van der Waals surface area (Å²) in [5, 5.41) is 8.48. The largest absolute Gasteiger partial charge is 0.492 e. The number of hydrogen-bond acceptors (Lipinski definition) is 4. The molecule has 0 aliphatic heterocycles. The van der Waals surface area contributed by atoms with Crippen molar-refractivity contribution in [2.45, 2.75) is 6.42 Å². The third-order valence-corrected chi connectivity index (χ3v) is 4.32. The molecule has 1 rings (SSSR count). The number of sulfonamides is 1. The van der Waals surface area contributed by atoms with Crippen molar-refractivity contribution in [1.29, 1.82) is 0 Å². The predicted molar refractivity (Wildman–Crippen MR) is 70.6 cm³/mol. The molecule has 0 amide bonds. The predicted octanol–water partition coefficient (Wildman–Crippen LogP) is 0.802. The van der Waals surface area contributed by atoms with Gasteiger partial charge >= 0.3 is 5.97 Å². The summed E-state index contributed by atoms with van der Waals surface area (Å²) in [5.41, 5.74) is 0. The average Bonchev–Trinajstić information content (AvgIpc) is 2.37. The maximum absolute atomic E-state index is 11.7. The van der Waals surface area contributed by atoms with E-state index in [1.165, 1.54) is 7.05 Å². The number of ether oxygens (including phenoxy) is 1. The standard InChI is InChI=1S/C12H17NO5S/c1-13(19(16,17)10-7-12(14)15)8-9-18-11-5-3-2-4-6-11/h2-6H,7-10H2,1H3,(H,14,15). The van der Waals surface area contributed by atoms with Gasteiger partial charge < -0.3 is 9.84 Å². The van der Waals surface area contributed by atoms with Crippen LogP contribution >= 0.6 is 0 Å². The second-order valence-corrected chi connectivity index (χ2v) is 6.14. The Bertz CT molecular complexity index is 500. The first-order chi connectivity index (χ1) is 8.92. The average molecular weight is 287 g/mol. The van der Waals surface area contributed by atoms with Crippen LogP contribution in [0, 0.1) is 0 Å². The molecule has 1 N–H and O–H groups in total. The summed E-state index contributed by atoms with van der Waals surface area (Å²) in [6.07, 6.45) is -0.397. The van der Waals surface area contributed by atoms with Gasteiger partial charge in [0.2, 0.25) is 10.0 Å². The van der Waals surface area contributed by atoms with E-state index in [0.29, 0.717) is 5.75 Å². The lowest BCUT2D eigenvalue weighted by molar-refractivity contribution is -0.136. The summed E-state index contributed by atoms with van der Waals surface area (Å²) < 4.78 is 29.9. The first kappa shape index (κ1) is 15.5. The third-order valence-electron chi connectivity index (χ3n) is 2.47. The van der Waals surface area contributed by atoms with E-state index in [1.807, 2.05) is 18.2 Å². The fourth-order valence-electron chi connectivity index (χ4n) is 1.32. The van der Waals surface area contributed by atoms with Gasteiger partial charge in [0, 0.05) is 13.6 Å². The Morgan fingerprint density at radius 1 is 1.32 bits per heavy atom. The molecule has 19 heavy (non-hydrogen) atoms. The number of rotatable bonds is 8. The summed E-state index contributed by atoms with van der Waals surface area (Å²) in [6, 6.07) is 9.05. The fourth-order valence-corrected chi connectivity index (χ4v) is 2.42. The maximum Gasteiger partial charge on any atom is 0.304 e. The summed E-state index contributed by atoms with van der Waals surface area (Å²) in [4.78, 5) is 10.4. The number of carboxylic acids is 1. The van der Waals surface area contributed by atoms with Crippen molar-refractivity contribution in [3.63, 3.8) is 0 Å². The summed E-state index contributed by atoms with van der Waals surface area (Å²) in [6.45, 7) is 0.393. The number of carboxylic acid groups (broad SMARTS) is 1. The molecular weight excluding hydrogens is 270 g/mol. The van der Waals surface area contributed by atoms with Gasteiger partial charge in [-0.05, 0) is 12.1 Å². The van der Waals surface area contributed by atoms with Gasteiger partial charge in [0.15, 0.2) is 0 Å². The van der Waals surface area contributed by atoms with Gasteiger partial charge in [-0.2, -0.15) is 0 Å². The molecule has 7 heteroatoms. The van der Waals surface area contributed by atoms with Crippen LogP contribution in [-0.4, -0.2) is 49.8 Å². The normalized spacial score (nSPS) is 11.5. The molecule has 0 atom stereocenters. The molecule has 0 aromatic heterocycles. The lowest BCUT2D eigenvalue weighted by Gasteiger charge is -2.16. The number of nitrogens with zero attached hydrogens (tertiary/aromatic N) is 1. The zero-order valence-electron chi connectivity index (χ0n) is 10.7. The highest BCUT2D eigenvalue weighted by Gasteiger charge is 2.18. The molecule has 1 aromatic carbocycles. The maximum atomic E-state index is 11.7. The number of hydrogen-bond donors (Lipinski definition) is 1. The van der Waals surface area contributed by atoms with Crippen LogP contribution in [0.4, 0.5) is 0 Å². The van der Waals surface area contributed by atoms with Crippen LogP contribution in [0.5, 0.6) is 5.75 Å². The molecule has 0 radical (unpaired) electrons. The molecule has 0 heterocycles. The minimum absolute atomic E-state index is 0.177. The van der Waals surface area contributed by atoms with E-state index in [9.17, 15) is 13.2 Å². The van der Waals surface area contributed by atoms with Gasteiger partial charge in [-0.3, -0.25) is 4.79 Å². The highest BCUT2D eigenvalue weighted by molar-refractivity contribution is 7.89. The van der Waals surface area contributed by atoms with E-state index in [-0.39, 0.29) is 13.2 Å². The minimum Gasteiger partial charge on any atom is -0.492 e. The third kappa shape index (κ3) is 5.71. The number of para-hydroxylation sites is 1. The van der Waals surface area contributed by atoms with E-state index >= 15 is 0 Å². The first-order valence-corrected chi connectivity index (χ1v) is 7.36. The Morgan fingerprint density at radius 3 is 2.53 bits per heavy atom. The van der Waals surface area contributed by atoms with Crippen LogP contribution in [0.3, 0.4) is 0 Å². The van der Waals surface area contributed by atoms with Crippen LogP contribution in [-0.2, 0) is 14.8 Å². The zero-order chi connectivity index (χ0) is 14.3. The molecule has 0 bridgehead atoms. The molecule has 0 aliphatic carbocycles. The van der Waals surface area contributed by atoms with E-state index in [4.69, 9.17) is 9.84 Å². The van der Waals surface area contributed by atoms with Gasteiger partial charge in [0.25, 0.3) is 0 Å². The van der Waals surface area contributed by atoms with Crippen molar-refractivity contribution in [2.75, 3.05) is 26.0 Å². The van der Waals surface area contributed by atoms with E-state index in [2.05, 4.69) is 0 Å². The molecule has 6 nitrogen and oxygen atoms in total. The lowest BCUT2D eigenvalue weighted by Crippen LogP contribution is -2.33. The lowest BCUT2D eigenvalue weighted by atomic mass is 10.3. The molecule has 106 valence electrons. The molecule has 0 unspecified atom stereocenters. The van der Waals surface area contributed by atoms with Crippen molar-refractivity contribution in [3.8, 4) is 5.75 Å². The second-order valence-electron chi connectivity index (χ2n) is 3.94. The molecule has 0 fully saturated rings. The minimum atomic E-state index is -3.54. The Labute approximate surface area is 112 Å². The van der Waals surface area contributed by atoms with Gasteiger partial charge in [-0.1, -0.05) is 18.2 Å². The van der Waals surface area contributed by atoms with Crippen molar-refractivity contribution in [3.05, 3.63) is 30.3 Å². The zero-order valence-corrected chi connectivity index (χ0v) is 11.5. The van der Waals surface area contributed by atoms with E-state index < -0.39 is 28.2 Å². The quantitative estimate of drug-likeness (QED) is 0.764. The fraction of sp³-hybridized carbons (Fsp3) is 0.417. The van der Waals surface area contributed by atoms with Crippen molar-refractivity contribution < 1.29 is 23.1 Å². The summed E-state index contributed by atoms with van der Waals surface area (Å²) in [7, 11) is -2.13. The Hall–Kier alpha value is -1.60. The topological polar surface area (TPSA) is 83.9 Å². The molecule has 1 aromatic rings. The molecule has 0 saturated heterocycles. The number of likely N-dealkylation sites (N-methyl/N-ethyl adjacent to an activating group) is 1. The molecular formula is C12H17NO5S. The van der Waals surface area contributed by atoms with Crippen LogP contribution < -0.4 is 4.74 Å². The van der Waals surface area contributed by atoms with Crippen LogP contribution in [0.1, 0.15) is 6.42 Å². The molecule has 0 spiro atoms.